The SMILES string of the molecule is O=C(N[C@@H](Cc1c[nH]c2ccccc12)c1nnn[nH]1)[C@@H](CS)C(F)(F)F. The van der Waals surface area contributed by atoms with Crippen LogP contribution in [0.25, 0.3) is 10.9 Å². The lowest BCUT2D eigenvalue weighted by atomic mass is 10.0. The van der Waals surface area contributed by atoms with Gasteiger partial charge < -0.3 is 10.3 Å². The van der Waals surface area contributed by atoms with Crippen LogP contribution in [0.1, 0.15) is 17.4 Å². The van der Waals surface area contributed by atoms with Crippen LogP contribution in [0.4, 0.5) is 13.2 Å². The van der Waals surface area contributed by atoms with E-state index in [-0.39, 0.29) is 12.2 Å². The normalized spacial score (nSPS) is 14.3. The van der Waals surface area contributed by atoms with E-state index >= 15 is 0 Å². The van der Waals surface area contributed by atoms with Gasteiger partial charge in [-0.25, -0.2) is 5.10 Å². The summed E-state index contributed by atoms with van der Waals surface area (Å²) in [6, 6.07) is 6.63. The molecule has 2 atom stereocenters. The Morgan fingerprint density at radius 1 is 1.31 bits per heavy atom. The van der Waals surface area contributed by atoms with Gasteiger partial charge in [0.15, 0.2) is 5.82 Å². The maximum atomic E-state index is 13.0. The lowest BCUT2D eigenvalue weighted by Crippen LogP contribution is -2.42. The van der Waals surface area contributed by atoms with Crippen molar-refractivity contribution in [3.8, 4) is 0 Å². The third kappa shape index (κ3) is 3.82. The number of aromatic nitrogens is 5. The van der Waals surface area contributed by atoms with Gasteiger partial charge in [0.1, 0.15) is 5.92 Å². The molecule has 7 nitrogen and oxygen atoms in total. The van der Waals surface area contributed by atoms with Gasteiger partial charge in [0.05, 0.1) is 6.04 Å². The lowest BCUT2D eigenvalue weighted by molar-refractivity contribution is -0.178. The largest absolute Gasteiger partial charge is 0.401 e. The van der Waals surface area contributed by atoms with Gasteiger partial charge in [-0.3, -0.25) is 4.79 Å². The predicted molar refractivity (Wildman–Crippen MR) is 90.5 cm³/mol. The maximum absolute atomic E-state index is 13.0. The average molecular weight is 384 g/mol. The third-order valence-corrected chi connectivity index (χ3v) is 4.37. The number of H-pyrrole nitrogens is 2. The Morgan fingerprint density at radius 2 is 2.08 bits per heavy atom. The summed E-state index contributed by atoms with van der Waals surface area (Å²) in [4.78, 5) is 15.2. The molecule has 0 aliphatic heterocycles. The first kappa shape index (κ1) is 18.2. The fraction of sp³-hybridized carbons (Fsp3) is 0.333. The first-order valence-corrected chi connectivity index (χ1v) is 8.30. The highest BCUT2D eigenvalue weighted by atomic mass is 32.1. The molecule has 0 unspecified atom stereocenters. The molecule has 0 aliphatic rings. The van der Waals surface area contributed by atoms with Crippen molar-refractivity contribution in [3.05, 3.63) is 41.9 Å². The number of hydrogen-bond donors (Lipinski definition) is 4. The van der Waals surface area contributed by atoms with Gasteiger partial charge in [0.2, 0.25) is 5.91 Å². The van der Waals surface area contributed by atoms with Crippen molar-refractivity contribution in [2.24, 2.45) is 5.92 Å². The molecule has 0 fully saturated rings. The van der Waals surface area contributed by atoms with Gasteiger partial charge in [0.25, 0.3) is 0 Å². The van der Waals surface area contributed by atoms with E-state index in [9.17, 15) is 18.0 Å². The molecular formula is C15H15F3N6OS. The number of halogens is 3. The smallest absolute Gasteiger partial charge is 0.361 e. The van der Waals surface area contributed by atoms with Crippen molar-refractivity contribution < 1.29 is 18.0 Å². The summed E-state index contributed by atoms with van der Waals surface area (Å²) in [5, 5.41) is 16.4. The number of fused-ring (bicyclic) bond motifs is 1. The summed E-state index contributed by atoms with van der Waals surface area (Å²) in [5.41, 5.74) is 1.70. The Balaban J connectivity index is 1.86. The molecule has 1 amide bonds. The standard InChI is InChI=1S/C15H15F3N6OS/c16-15(17,18)10(7-26)14(25)20-12(13-21-23-24-22-13)5-8-6-19-11-4-2-1-3-9(8)11/h1-4,6,10,12,19,26H,5,7H2,(H,20,25)(H,21,22,23,24)/t10-,12+/m1/s1. The third-order valence-electron chi connectivity index (χ3n) is 4.00. The Bertz CT molecular complexity index is 879. The number of thiol groups is 1. The van der Waals surface area contributed by atoms with Crippen molar-refractivity contribution in [3.63, 3.8) is 0 Å². The summed E-state index contributed by atoms with van der Waals surface area (Å²) >= 11 is 3.65. The number of amides is 1. The minimum absolute atomic E-state index is 0.170. The quantitative estimate of drug-likeness (QED) is 0.490. The fourth-order valence-corrected chi connectivity index (χ4v) is 3.03. The molecule has 11 heteroatoms. The molecule has 0 aliphatic carbocycles. The lowest BCUT2D eigenvalue weighted by Gasteiger charge is -2.21. The van der Waals surface area contributed by atoms with Crippen LogP contribution in [0, 0.1) is 5.92 Å². The van der Waals surface area contributed by atoms with Gasteiger partial charge in [-0.1, -0.05) is 18.2 Å². The number of hydrogen-bond acceptors (Lipinski definition) is 5. The fourth-order valence-electron chi connectivity index (χ4n) is 2.66. The number of para-hydroxylation sites is 1. The number of rotatable bonds is 6. The van der Waals surface area contributed by atoms with E-state index in [2.05, 4.69) is 43.6 Å². The van der Waals surface area contributed by atoms with Gasteiger partial charge in [-0.05, 0) is 22.1 Å². The van der Waals surface area contributed by atoms with Crippen LogP contribution in [0.2, 0.25) is 0 Å². The van der Waals surface area contributed by atoms with E-state index in [1.54, 1.807) is 6.20 Å². The van der Waals surface area contributed by atoms with Gasteiger partial charge in [-0.15, -0.1) is 5.10 Å². The summed E-state index contributed by atoms with van der Waals surface area (Å²) in [7, 11) is 0. The van der Waals surface area contributed by atoms with Crippen molar-refractivity contribution >= 4 is 29.4 Å². The van der Waals surface area contributed by atoms with Gasteiger partial charge >= 0.3 is 6.18 Å². The highest BCUT2D eigenvalue weighted by Crippen LogP contribution is 2.29. The summed E-state index contributed by atoms with van der Waals surface area (Å²) in [6.07, 6.45) is -2.73. The Kier molecular flexibility index (Phi) is 5.16. The van der Waals surface area contributed by atoms with Crippen LogP contribution in [-0.4, -0.2) is 43.4 Å². The zero-order valence-corrected chi connectivity index (χ0v) is 14.2. The van der Waals surface area contributed by atoms with Crippen LogP contribution in [0.5, 0.6) is 0 Å². The molecule has 3 aromatic rings. The number of nitrogens with one attached hydrogen (secondary N) is 3. The summed E-state index contributed by atoms with van der Waals surface area (Å²) in [6.45, 7) is 0. The predicted octanol–water partition coefficient (Wildman–Crippen LogP) is 2.19. The van der Waals surface area contributed by atoms with E-state index in [1.807, 2.05) is 24.3 Å². The Morgan fingerprint density at radius 3 is 2.73 bits per heavy atom. The van der Waals surface area contributed by atoms with E-state index in [1.165, 1.54) is 0 Å². The van der Waals surface area contributed by atoms with E-state index in [4.69, 9.17) is 0 Å². The Hall–Kier alpha value is -2.56. The molecule has 2 heterocycles. The van der Waals surface area contributed by atoms with Crippen molar-refractivity contribution in [2.75, 3.05) is 5.75 Å². The molecule has 3 rings (SSSR count). The van der Waals surface area contributed by atoms with E-state index < -0.39 is 29.8 Å². The van der Waals surface area contributed by atoms with Crippen molar-refractivity contribution in [1.82, 2.24) is 30.9 Å². The summed E-state index contributed by atoms with van der Waals surface area (Å²) in [5.74, 6) is -3.87. The number of aromatic amines is 2. The molecule has 0 saturated heterocycles. The number of alkyl halides is 3. The molecule has 26 heavy (non-hydrogen) atoms. The molecule has 138 valence electrons. The van der Waals surface area contributed by atoms with E-state index in [0.717, 1.165) is 16.5 Å². The Labute approximate surface area is 151 Å². The minimum atomic E-state index is -4.68. The topological polar surface area (TPSA) is 99.3 Å². The molecule has 2 aromatic heterocycles. The van der Waals surface area contributed by atoms with Gasteiger partial charge in [0, 0.05) is 29.3 Å². The number of tetrazole rings is 1. The van der Waals surface area contributed by atoms with Crippen molar-refractivity contribution in [1.29, 1.82) is 0 Å². The second-order valence-electron chi connectivity index (χ2n) is 5.69. The summed E-state index contributed by atoms with van der Waals surface area (Å²) < 4.78 is 39.0. The van der Waals surface area contributed by atoms with Crippen LogP contribution >= 0.6 is 12.6 Å². The second-order valence-corrected chi connectivity index (χ2v) is 6.05. The highest BCUT2D eigenvalue weighted by molar-refractivity contribution is 7.80. The molecule has 0 saturated carbocycles. The highest BCUT2D eigenvalue weighted by Gasteiger charge is 2.44. The number of carbonyl (C=O) groups is 1. The van der Waals surface area contributed by atoms with E-state index in [0.29, 0.717) is 0 Å². The zero-order valence-electron chi connectivity index (χ0n) is 13.3. The van der Waals surface area contributed by atoms with Crippen LogP contribution < -0.4 is 5.32 Å². The molecule has 0 bridgehead atoms. The first-order chi connectivity index (χ1) is 12.4. The van der Waals surface area contributed by atoms with Crippen LogP contribution in [0.3, 0.4) is 0 Å². The van der Waals surface area contributed by atoms with Crippen LogP contribution in [0.15, 0.2) is 30.5 Å². The number of nitrogens with zero attached hydrogens (tertiary/aromatic N) is 3. The molecule has 0 radical (unpaired) electrons. The second kappa shape index (κ2) is 7.36. The molecule has 1 aromatic carbocycles. The first-order valence-electron chi connectivity index (χ1n) is 7.66. The number of benzene rings is 1. The van der Waals surface area contributed by atoms with Gasteiger partial charge in [-0.2, -0.15) is 25.8 Å². The molecular weight excluding hydrogens is 369 g/mol. The maximum Gasteiger partial charge on any atom is 0.401 e. The minimum Gasteiger partial charge on any atom is -0.361 e. The van der Waals surface area contributed by atoms with Crippen LogP contribution in [-0.2, 0) is 11.2 Å². The van der Waals surface area contributed by atoms with Crippen molar-refractivity contribution in [2.45, 2.75) is 18.6 Å². The monoisotopic (exact) mass is 384 g/mol. The number of carbonyl (C=O) groups excluding carboxylic acids is 1. The molecule has 0 spiro atoms. The average Bonchev–Trinajstić information content (AvgIpc) is 3.23. The molecule has 3 N–H and O–H groups in total. The zero-order chi connectivity index (χ0) is 18.7.